The number of amides is 3. The molecule has 2 aromatic carbocycles. The quantitative estimate of drug-likeness (QED) is 0.163. The zero-order chi connectivity index (χ0) is 30.7. The minimum absolute atomic E-state index is 0.0369. The molecule has 3 amide bonds. The van der Waals surface area contributed by atoms with Crippen molar-refractivity contribution in [2.45, 2.75) is 98.3 Å². The van der Waals surface area contributed by atoms with Gasteiger partial charge in [0, 0.05) is 12.3 Å². The van der Waals surface area contributed by atoms with E-state index in [-0.39, 0.29) is 11.7 Å². The average molecular weight is 604 g/mol. The van der Waals surface area contributed by atoms with Gasteiger partial charge >= 0.3 is 6.09 Å². The van der Waals surface area contributed by atoms with Gasteiger partial charge in [-0.1, -0.05) is 85.7 Å². The van der Waals surface area contributed by atoms with Crippen LogP contribution in [0, 0.1) is 20.8 Å². The van der Waals surface area contributed by atoms with Crippen LogP contribution in [0.1, 0.15) is 88.1 Å². The Labute approximate surface area is 256 Å². The lowest BCUT2D eigenvalue weighted by molar-refractivity contribution is -0.140. The van der Waals surface area contributed by atoms with E-state index >= 15 is 0 Å². The van der Waals surface area contributed by atoms with Crippen molar-refractivity contribution in [3.8, 4) is 0 Å². The summed E-state index contributed by atoms with van der Waals surface area (Å²) in [4.78, 5) is 42.5. The molecule has 0 bridgehead atoms. The number of ether oxygens (including phenoxy) is 1. The SMILES string of the molecule is CCCCCCCN(C(=O)C(CS)NC(=O)OC(C)(C)C)C(C(=O)Nc1c(C)cccc1Cl)c1cc(C)cc(C)c1. The molecule has 0 saturated carbocycles. The number of unbranched alkanes of at least 4 members (excludes halogenated alkanes) is 4. The topological polar surface area (TPSA) is 87.7 Å². The summed E-state index contributed by atoms with van der Waals surface area (Å²) in [7, 11) is 0. The molecule has 2 N–H and O–H groups in total. The molecule has 226 valence electrons. The van der Waals surface area contributed by atoms with Crippen molar-refractivity contribution in [1.82, 2.24) is 10.2 Å². The molecular formula is C32H46ClN3O4S. The fourth-order valence-corrected chi connectivity index (χ4v) is 5.23. The van der Waals surface area contributed by atoms with Crippen LogP contribution in [0.25, 0.3) is 0 Å². The number of anilines is 1. The van der Waals surface area contributed by atoms with Gasteiger partial charge in [0.05, 0.1) is 10.7 Å². The second kappa shape index (κ2) is 16.1. The van der Waals surface area contributed by atoms with Gasteiger partial charge in [0.15, 0.2) is 0 Å². The second-order valence-corrected chi connectivity index (χ2v) is 12.3. The molecule has 41 heavy (non-hydrogen) atoms. The minimum atomic E-state index is -0.993. The van der Waals surface area contributed by atoms with E-state index in [0.29, 0.717) is 29.2 Å². The fraction of sp³-hybridized carbons (Fsp3) is 0.531. The lowest BCUT2D eigenvalue weighted by atomic mass is 9.98. The number of hydrogen-bond donors (Lipinski definition) is 3. The number of hydrogen-bond acceptors (Lipinski definition) is 5. The van der Waals surface area contributed by atoms with Gasteiger partial charge in [-0.25, -0.2) is 4.79 Å². The molecule has 0 radical (unpaired) electrons. The molecule has 2 atom stereocenters. The number of halogens is 1. The summed E-state index contributed by atoms with van der Waals surface area (Å²) in [5.74, 6) is -0.755. The van der Waals surface area contributed by atoms with E-state index in [1.165, 1.54) is 0 Å². The summed E-state index contributed by atoms with van der Waals surface area (Å²) in [6.45, 7) is 13.5. The maximum Gasteiger partial charge on any atom is 0.408 e. The summed E-state index contributed by atoms with van der Waals surface area (Å²) in [6, 6.07) is 9.31. The highest BCUT2D eigenvalue weighted by atomic mass is 35.5. The van der Waals surface area contributed by atoms with Crippen LogP contribution in [0.3, 0.4) is 0 Å². The Balaban J connectivity index is 2.56. The van der Waals surface area contributed by atoms with Crippen LogP contribution in [0.4, 0.5) is 10.5 Å². The molecule has 0 aliphatic carbocycles. The van der Waals surface area contributed by atoms with Gasteiger partial charge in [0.2, 0.25) is 5.91 Å². The van der Waals surface area contributed by atoms with Crippen LogP contribution < -0.4 is 10.6 Å². The van der Waals surface area contributed by atoms with Crippen molar-refractivity contribution in [3.63, 3.8) is 0 Å². The number of benzene rings is 2. The summed E-state index contributed by atoms with van der Waals surface area (Å²) in [6.07, 6.45) is 4.12. The summed E-state index contributed by atoms with van der Waals surface area (Å²) in [5, 5.41) is 6.08. The summed E-state index contributed by atoms with van der Waals surface area (Å²) < 4.78 is 5.41. The maximum atomic E-state index is 14.2. The molecule has 0 fully saturated rings. The second-order valence-electron chi connectivity index (χ2n) is 11.6. The van der Waals surface area contributed by atoms with Gasteiger partial charge in [0.25, 0.3) is 5.91 Å². The standard InChI is InChI=1S/C32H46ClN3O4S/c1-8-9-10-11-12-16-36(30(38)26(20-41)34-31(39)40-32(5,6)7)28(24-18-21(2)17-22(3)19-24)29(37)35-27-23(4)14-13-15-25(27)33/h13-15,17-19,26,28,41H,8-12,16,20H2,1-7H3,(H,34,39)(H,35,37). The Hall–Kier alpha value is -2.71. The number of alkyl carbamates (subject to hydrolysis) is 1. The molecule has 2 unspecified atom stereocenters. The van der Waals surface area contributed by atoms with Crippen LogP contribution in [0.5, 0.6) is 0 Å². The van der Waals surface area contributed by atoms with Crippen molar-refractivity contribution in [3.05, 3.63) is 63.7 Å². The van der Waals surface area contributed by atoms with Crippen molar-refractivity contribution < 1.29 is 19.1 Å². The third kappa shape index (κ3) is 10.9. The Morgan fingerprint density at radius 2 is 1.63 bits per heavy atom. The maximum absolute atomic E-state index is 14.2. The highest BCUT2D eigenvalue weighted by Crippen LogP contribution is 2.30. The smallest absolute Gasteiger partial charge is 0.408 e. The van der Waals surface area contributed by atoms with Crippen molar-refractivity contribution >= 4 is 47.8 Å². The Morgan fingerprint density at radius 1 is 1.00 bits per heavy atom. The van der Waals surface area contributed by atoms with Gasteiger partial charge in [0.1, 0.15) is 17.7 Å². The van der Waals surface area contributed by atoms with Gasteiger partial charge in [-0.05, 0) is 65.2 Å². The number of thiol groups is 1. The molecule has 0 aliphatic rings. The van der Waals surface area contributed by atoms with Gasteiger partial charge in [-0.15, -0.1) is 0 Å². The van der Waals surface area contributed by atoms with Gasteiger partial charge in [-0.3, -0.25) is 9.59 Å². The molecule has 2 rings (SSSR count). The van der Waals surface area contributed by atoms with Crippen LogP contribution in [-0.4, -0.2) is 46.7 Å². The van der Waals surface area contributed by atoms with Gasteiger partial charge in [-0.2, -0.15) is 12.6 Å². The lowest BCUT2D eigenvalue weighted by Crippen LogP contribution is -2.53. The van der Waals surface area contributed by atoms with E-state index in [4.69, 9.17) is 16.3 Å². The van der Waals surface area contributed by atoms with E-state index in [9.17, 15) is 14.4 Å². The van der Waals surface area contributed by atoms with Crippen LogP contribution >= 0.6 is 24.2 Å². The normalized spacial score (nSPS) is 12.8. The van der Waals surface area contributed by atoms with Crippen molar-refractivity contribution in [2.75, 3.05) is 17.6 Å². The highest BCUT2D eigenvalue weighted by Gasteiger charge is 2.36. The number of carbonyl (C=O) groups is 3. The molecule has 9 heteroatoms. The third-order valence-electron chi connectivity index (χ3n) is 6.55. The lowest BCUT2D eigenvalue weighted by Gasteiger charge is -2.34. The molecule has 0 aliphatic heterocycles. The summed E-state index contributed by atoms with van der Waals surface area (Å²) in [5.41, 5.74) is 3.20. The van der Waals surface area contributed by atoms with Crippen molar-refractivity contribution in [1.29, 1.82) is 0 Å². The van der Waals surface area contributed by atoms with E-state index in [0.717, 1.165) is 42.4 Å². The largest absolute Gasteiger partial charge is 0.444 e. The number of para-hydroxylation sites is 1. The van der Waals surface area contributed by atoms with E-state index in [1.54, 1.807) is 31.7 Å². The number of nitrogens with one attached hydrogen (secondary N) is 2. The number of rotatable bonds is 13. The number of carbonyl (C=O) groups excluding carboxylic acids is 3. The highest BCUT2D eigenvalue weighted by molar-refractivity contribution is 7.80. The Bertz CT molecular complexity index is 1160. The first-order valence-electron chi connectivity index (χ1n) is 14.3. The van der Waals surface area contributed by atoms with E-state index in [1.807, 2.05) is 51.1 Å². The number of nitrogens with zero attached hydrogens (tertiary/aromatic N) is 1. The summed E-state index contributed by atoms with van der Waals surface area (Å²) >= 11 is 10.8. The predicted octanol–water partition coefficient (Wildman–Crippen LogP) is 7.57. The molecule has 0 aromatic heterocycles. The van der Waals surface area contributed by atoms with Crippen LogP contribution in [0.2, 0.25) is 5.02 Å². The van der Waals surface area contributed by atoms with Crippen molar-refractivity contribution in [2.24, 2.45) is 0 Å². The Morgan fingerprint density at radius 3 is 2.20 bits per heavy atom. The zero-order valence-corrected chi connectivity index (χ0v) is 27.1. The fourth-order valence-electron chi connectivity index (χ4n) is 4.71. The first-order chi connectivity index (χ1) is 19.3. The van der Waals surface area contributed by atoms with Crippen LogP contribution in [0.15, 0.2) is 36.4 Å². The molecule has 0 saturated heterocycles. The van der Waals surface area contributed by atoms with E-state index in [2.05, 4.69) is 30.2 Å². The van der Waals surface area contributed by atoms with Crippen LogP contribution in [-0.2, 0) is 14.3 Å². The predicted molar refractivity (Wildman–Crippen MR) is 171 cm³/mol. The first kappa shape index (κ1) is 34.5. The van der Waals surface area contributed by atoms with E-state index < -0.39 is 29.7 Å². The molecule has 7 nitrogen and oxygen atoms in total. The number of aryl methyl sites for hydroxylation is 3. The molecule has 0 spiro atoms. The zero-order valence-electron chi connectivity index (χ0n) is 25.5. The first-order valence-corrected chi connectivity index (χ1v) is 15.3. The monoisotopic (exact) mass is 603 g/mol. The third-order valence-corrected chi connectivity index (χ3v) is 7.23. The molecule has 0 heterocycles. The molecular weight excluding hydrogens is 558 g/mol. The average Bonchev–Trinajstić information content (AvgIpc) is 2.86. The minimum Gasteiger partial charge on any atom is -0.444 e. The Kier molecular flexibility index (Phi) is 13.5. The molecule has 2 aromatic rings. The van der Waals surface area contributed by atoms with Gasteiger partial charge < -0.3 is 20.3 Å².